The lowest BCUT2D eigenvalue weighted by Gasteiger charge is -2.28. The molecular formula is C29H29FN4O3S. The van der Waals surface area contributed by atoms with Crippen molar-refractivity contribution in [2.45, 2.75) is 38.3 Å². The van der Waals surface area contributed by atoms with Crippen molar-refractivity contribution in [1.29, 1.82) is 0 Å². The SMILES string of the molecule is Cc1ccc(S(=O)(=O)N2CCc3c(c(CN(C(=O)c4ccc(F)cc4)c4ccccc4)nn3C)C2)c(C)c1. The van der Waals surface area contributed by atoms with Gasteiger partial charge in [-0.25, -0.2) is 12.8 Å². The van der Waals surface area contributed by atoms with Crippen molar-refractivity contribution < 1.29 is 17.6 Å². The molecule has 4 aromatic rings. The maximum atomic E-state index is 13.6. The number of fused-ring (bicyclic) bond motifs is 1. The second kappa shape index (κ2) is 10.2. The van der Waals surface area contributed by atoms with Crippen LogP contribution in [-0.4, -0.2) is 35.0 Å². The first-order valence-corrected chi connectivity index (χ1v) is 13.8. The molecule has 1 amide bonds. The first kappa shape index (κ1) is 25.8. The molecule has 1 aliphatic rings. The molecule has 1 aliphatic heterocycles. The van der Waals surface area contributed by atoms with E-state index in [2.05, 4.69) is 0 Å². The fourth-order valence-electron chi connectivity index (χ4n) is 4.99. The zero-order valence-electron chi connectivity index (χ0n) is 21.6. The summed E-state index contributed by atoms with van der Waals surface area (Å²) in [5, 5.41) is 4.71. The van der Waals surface area contributed by atoms with Gasteiger partial charge in [-0.15, -0.1) is 0 Å². The van der Waals surface area contributed by atoms with Gasteiger partial charge in [0.2, 0.25) is 10.0 Å². The largest absolute Gasteiger partial charge is 0.302 e. The number of para-hydroxylation sites is 1. The van der Waals surface area contributed by atoms with Gasteiger partial charge in [0.1, 0.15) is 5.82 Å². The highest BCUT2D eigenvalue weighted by atomic mass is 32.2. The predicted molar refractivity (Wildman–Crippen MR) is 144 cm³/mol. The fourth-order valence-corrected chi connectivity index (χ4v) is 6.61. The summed E-state index contributed by atoms with van der Waals surface area (Å²) in [6, 6.07) is 20.0. The molecule has 0 spiro atoms. The maximum Gasteiger partial charge on any atom is 0.258 e. The minimum atomic E-state index is -3.72. The molecule has 2 heterocycles. The molecular weight excluding hydrogens is 503 g/mol. The van der Waals surface area contributed by atoms with Crippen LogP contribution in [0.4, 0.5) is 10.1 Å². The molecule has 0 unspecified atom stereocenters. The molecule has 5 rings (SSSR count). The quantitative estimate of drug-likeness (QED) is 0.359. The number of aryl methyl sites for hydroxylation is 3. The fraction of sp³-hybridized carbons (Fsp3) is 0.241. The van der Waals surface area contributed by atoms with Gasteiger partial charge in [-0.3, -0.25) is 9.48 Å². The van der Waals surface area contributed by atoms with E-state index in [0.717, 1.165) is 16.8 Å². The molecule has 0 aliphatic carbocycles. The van der Waals surface area contributed by atoms with E-state index in [1.807, 2.05) is 63.4 Å². The third kappa shape index (κ3) is 4.87. The molecule has 9 heteroatoms. The van der Waals surface area contributed by atoms with Gasteiger partial charge in [-0.2, -0.15) is 9.40 Å². The summed E-state index contributed by atoms with van der Waals surface area (Å²) in [7, 11) is -1.88. The monoisotopic (exact) mass is 532 g/mol. The van der Waals surface area contributed by atoms with Gasteiger partial charge in [-0.05, 0) is 61.9 Å². The minimum absolute atomic E-state index is 0.140. The van der Waals surface area contributed by atoms with E-state index in [1.54, 1.807) is 15.6 Å². The Kier molecular flexibility index (Phi) is 6.90. The summed E-state index contributed by atoms with van der Waals surface area (Å²) < 4.78 is 44.0. The predicted octanol–water partition coefficient (Wildman–Crippen LogP) is 4.77. The van der Waals surface area contributed by atoms with E-state index >= 15 is 0 Å². The Morgan fingerprint density at radius 1 is 1.03 bits per heavy atom. The standard InChI is InChI=1S/C29H29FN4O3S/c1-20-9-14-28(21(2)17-20)38(36,37)33-16-15-27-25(18-33)26(31-32(27)3)19-34(24-7-5-4-6-8-24)29(35)22-10-12-23(30)13-11-22/h4-14,17H,15-16,18-19H2,1-3H3. The third-order valence-corrected chi connectivity index (χ3v) is 8.96. The Bertz CT molecular complexity index is 1600. The number of sulfonamides is 1. The van der Waals surface area contributed by atoms with Crippen LogP contribution in [0.3, 0.4) is 0 Å². The average Bonchev–Trinajstić information content (AvgIpc) is 3.22. The molecule has 0 N–H and O–H groups in total. The number of carbonyl (C=O) groups excluding carboxylic acids is 1. The molecule has 196 valence electrons. The minimum Gasteiger partial charge on any atom is -0.302 e. The number of benzene rings is 3. The highest BCUT2D eigenvalue weighted by molar-refractivity contribution is 7.89. The van der Waals surface area contributed by atoms with Crippen LogP contribution in [0.2, 0.25) is 0 Å². The average molecular weight is 533 g/mol. The summed E-state index contributed by atoms with van der Waals surface area (Å²) in [6.45, 7) is 4.40. The van der Waals surface area contributed by atoms with Crippen LogP contribution in [0, 0.1) is 19.7 Å². The van der Waals surface area contributed by atoms with Crippen molar-refractivity contribution in [2.24, 2.45) is 7.05 Å². The topological polar surface area (TPSA) is 75.5 Å². The molecule has 0 saturated carbocycles. The molecule has 7 nitrogen and oxygen atoms in total. The van der Waals surface area contributed by atoms with Crippen LogP contribution in [0.25, 0.3) is 0 Å². The van der Waals surface area contributed by atoms with Gasteiger partial charge in [-0.1, -0.05) is 35.9 Å². The van der Waals surface area contributed by atoms with E-state index in [9.17, 15) is 17.6 Å². The molecule has 1 aromatic heterocycles. The number of nitrogens with zero attached hydrogens (tertiary/aromatic N) is 4. The molecule has 0 bridgehead atoms. The van der Waals surface area contributed by atoms with Crippen molar-refractivity contribution in [3.8, 4) is 0 Å². The van der Waals surface area contributed by atoms with Crippen LogP contribution in [0.1, 0.15) is 38.4 Å². The normalized spacial score (nSPS) is 13.8. The van der Waals surface area contributed by atoms with Crippen LogP contribution < -0.4 is 4.90 Å². The van der Waals surface area contributed by atoms with Gasteiger partial charge in [0.05, 0.1) is 17.1 Å². The van der Waals surface area contributed by atoms with Crippen LogP contribution in [0.5, 0.6) is 0 Å². The number of rotatable bonds is 6. The summed E-state index contributed by atoms with van der Waals surface area (Å²) in [5.74, 6) is -0.720. The summed E-state index contributed by atoms with van der Waals surface area (Å²) in [4.78, 5) is 15.5. The Balaban J connectivity index is 1.50. The van der Waals surface area contributed by atoms with Crippen LogP contribution in [-0.2, 0) is 36.6 Å². The van der Waals surface area contributed by atoms with Crippen LogP contribution >= 0.6 is 0 Å². The van der Waals surface area contributed by atoms with E-state index < -0.39 is 15.8 Å². The van der Waals surface area contributed by atoms with E-state index in [0.29, 0.717) is 40.4 Å². The molecule has 38 heavy (non-hydrogen) atoms. The number of carbonyl (C=O) groups is 1. The number of amides is 1. The second-order valence-corrected chi connectivity index (χ2v) is 11.5. The van der Waals surface area contributed by atoms with Crippen LogP contribution in [0.15, 0.2) is 77.7 Å². The second-order valence-electron chi connectivity index (χ2n) is 9.59. The number of anilines is 1. The van der Waals surface area contributed by atoms with Crippen molar-refractivity contribution in [3.63, 3.8) is 0 Å². The van der Waals surface area contributed by atoms with Gasteiger partial charge in [0.15, 0.2) is 0 Å². The maximum absolute atomic E-state index is 13.6. The lowest BCUT2D eigenvalue weighted by atomic mass is 10.1. The highest BCUT2D eigenvalue weighted by Gasteiger charge is 2.33. The summed E-state index contributed by atoms with van der Waals surface area (Å²) in [5.41, 5.74) is 5.11. The Labute approximate surface area is 222 Å². The summed E-state index contributed by atoms with van der Waals surface area (Å²) >= 11 is 0. The number of hydrogen-bond donors (Lipinski definition) is 0. The Morgan fingerprint density at radius 3 is 2.42 bits per heavy atom. The Hall–Kier alpha value is -3.82. The first-order valence-electron chi connectivity index (χ1n) is 12.4. The van der Waals surface area contributed by atoms with Crippen molar-refractivity contribution in [3.05, 3.63) is 112 Å². The number of hydrogen-bond acceptors (Lipinski definition) is 4. The zero-order valence-corrected chi connectivity index (χ0v) is 22.4. The lowest BCUT2D eigenvalue weighted by Crippen LogP contribution is -2.37. The first-order chi connectivity index (χ1) is 18.1. The van der Waals surface area contributed by atoms with Gasteiger partial charge >= 0.3 is 0 Å². The molecule has 3 aromatic carbocycles. The molecule has 0 atom stereocenters. The van der Waals surface area contributed by atoms with Gasteiger partial charge in [0, 0.05) is 49.1 Å². The van der Waals surface area contributed by atoms with E-state index in [4.69, 9.17) is 5.10 Å². The Morgan fingerprint density at radius 2 is 1.74 bits per heavy atom. The third-order valence-electron chi connectivity index (χ3n) is 6.95. The van der Waals surface area contributed by atoms with Gasteiger partial charge in [0.25, 0.3) is 5.91 Å². The van der Waals surface area contributed by atoms with E-state index in [1.165, 1.54) is 28.6 Å². The zero-order chi connectivity index (χ0) is 27.0. The summed E-state index contributed by atoms with van der Waals surface area (Å²) in [6.07, 6.45) is 0.514. The molecule has 0 radical (unpaired) electrons. The van der Waals surface area contributed by atoms with Crippen molar-refractivity contribution in [1.82, 2.24) is 14.1 Å². The lowest BCUT2D eigenvalue weighted by molar-refractivity contribution is 0.0984. The van der Waals surface area contributed by atoms with Crippen molar-refractivity contribution >= 4 is 21.6 Å². The van der Waals surface area contributed by atoms with Gasteiger partial charge < -0.3 is 4.90 Å². The number of halogens is 1. The van der Waals surface area contributed by atoms with Crippen molar-refractivity contribution in [2.75, 3.05) is 11.4 Å². The highest BCUT2D eigenvalue weighted by Crippen LogP contribution is 2.30. The van der Waals surface area contributed by atoms with E-state index in [-0.39, 0.29) is 19.0 Å². The molecule has 0 saturated heterocycles. The smallest absolute Gasteiger partial charge is 0.258 e. The molecule has 0 fully saturated rings. The number of aromatic nitrogens is 2.